The summed E-state index contributed by atoms with van der Waals surface area (Å²) < 4.78 is 57.7. The quantitative estimate of drug-likeness (QED) is 0.565. The van der Waals surface area contributed by atoms with Gasteiger partial charge in [0.2, 0.25) is 0 Å². The molecule has 11 heteroatoms. The molecule has 1 fully saturated rings. The number of amides is 1. The molecule has 1 saturated carbocycles. The average Bonchev–Trinajstić information content (AvgIpc) is 2.81. The van der Waals surface area contributed by atoms with Gasteiger partial charge < -0.3 is 14.5 Å². The molecule has 0 atom stereocenters. The summed E-state index contributed by atoms with van der Waals surface area (Å²) in [6.45, 7) is 0. The second-order valence-electron chi connectivity index (χ2n) is 8.42. The van der Waals surface area contributed by atoms with Gasteiger partial charge in [0, 0.05) is 14.1 Å². The lowest BCUT2D eigenvalue weighted by Crippen LogP contribution is -2.39. The Bertz CT molecular complexity index is 1520. The first-order chi connectivity index (χ1) is 16.0. The zero-order chi connectivity index (χ0) is 24.8. The van der Waals surface area contributed by atoms with Crippen LogP contribution in [0.15, 0.2) is 44.8 Å². The number of carbonyl (C=O) groups is 1. The van der Waals surface area contributed by atoms with Crippen molar-refractivity contribution in [1.29, 1.82) is 0 Å². The van der Waals surface area contributed by atoms with Gasteiger partial charge in [0.15, 0.2) is 9.84 Å². The summed E-state index contributed by atoms with van der Waals surface area (Å²) in [6, 6.07) is 5.40. The van der Waals surface area contributed by atoms with Crippen LogP contribution < -0.4 is 16.4 Å². The van der Waals surface area contributed by atoms with Crippen LogP contribution in [0.4, 0.5) is 14.5 Å². The number of hydrogen-bond acceptors (Lipinski definition) is 5. The van der Waals surface area contributed by atoms with E-state index < -0.39 is 49.3 Å². The molecule has 1 amide bonds. The molecule has 1 aromatic heterocycles. The lowest BCUT2D eigenvalue weighted by Gasteiger charge is -2.24. The van der Waals surface area contributed by atoms with Crippen molar-refractivity contribution in [3.05, 3.63) is 68.2 Å². The molecule has 0 bridgehead atoms. The van der Waals surface area contributed by atoms with Gasteiger partial charge in [0.25, 0.3) is 5.91 Å². The number of aryl methyl sites for hydroxylation is 2. The van der Waals surface area contributed by atoms with Crippen LogP contribution in [0, 0.1) is 11.6 Å². The molecule has 1 aliphatic carbocycles. The van der Waals surface area contributed by atoms with Crippen LogP contribution in [0.5, 0.6) is 0 Å². The number of rotatable bonds is 4. The first-order valence-electron chi connectivity index (χ1n) is 10.8. The Morgan fingerprint density at radius 3 is 2.03 bits per heavy atom. The Labute approximate surface area is 193 Å². The molecule has 8 nitrogen and oxygen atoms in total. The van der Waals surface area contributed by atoms with Crippen molar-refractivity contribution in [1.82, 2.24) is 9.13 Å². The number of anilines is 1. The molecule has 2 aromatic carbocycles. The van der Waals surface area contributed by atoms with E-state index in [0.717, 1.165) is 46.6 Å². The minimum Gasteiger partial charge on any atom is -0.321 e. The predicted molar refractivity (Wildman–Crippen MR) is 123 cm³/mol. The molecule has 0 spiro atoms. The van der Waals surface area contributed by atoms with Gasteiger partial charge in [-0.3, -0.25) is 14.4 Å². The average molecular weight is 492 g/mol. The number of aromatic nitrogens is 2. The Morgan fingerprint density at radius 1 is 0.941 bits per heavy atom. The molecular formula is C23H23F2N3O5S. The molecule has 1 heterocycles. The zero-order valence-corrected chi connectivity index (χ0v) is 19.4. The molecule has 180 valence electrons. The normalized spacial score (nSPS) is 14.9. The highest BCUT2D eigenvalue weighted by Crippen LogP contribution is 2.34. The van der Waals surface area contributed by atoms with Crippen LogP contribution in [0.2, 0.25) is 0 Å². The minimum atomic E-state index is -3.99. The van der Waals surface area contributed by atoms with Gasteiger partial charge in [-0.05, 0) is 37.1 Å². The van der Waals surface area contributed by atoms with Gasteiger partial charge >= 0.3 is 11.1 Å². The maximum Gasteiger partial charge on any atom is 0.316 e. The van der Waals surface area contributed by atoms with Crippen LogP contribution in [0.1, 0.15) is 42.5 Å². The maximum absolute atomic E-state index is 14.2. The van der Waals surface area contributed by atoms with Crippen LogP contribution in [0.25, 0.3) is 11.0 Å². The third-order valence-corrected chi connectivity index (χ3v) is 8.63. The highest BCUT2D eigenvalue weighted by Gasteiger charge is 2.32. The highest BCUT2D eigenvalue weighted by molar-refractivity contribution is 7.92. The number of nitrogens with one attached hydrogen (secondary N) is 1. The molecule has 0 radical (unpaired) electrons. The van der Waals surface area contributed by atoms with Crippen LogP contribution in [-0.2, 0) is 23.9 Å². The monoisotopic (exact) mass is 491 g/mol. The SMILES string of the molecule is Cn1c(=O)c(=O)n(C)c2cc(S(=O)(=O)C3CCCCC3)c(NC(=O)c3c(F)cccc3F)cc21. The predicted octanol–water partition coefficient (Wildman–Crippen LogP) is 2.87. The second kappa shape index (κ2) is 8.79. The van der Waals surface area contributed by atoms with Crippen molar-refractivity contribution >= 4 is 32.5 Å². The summed E-state index contributed by atoms with van der Waals surface area (Å²) in [5.41, 5.74) is -2.45. The molecule has 0 aliphatic heterocycles. The van der Waals surface area contributed by atoms with Crippen molar-refractivity contribution < 1.29 is 22.0 Å². The first kappa shape index (κ1) is 23.8. The zero-order valence-electron chi connectivity index (χ0n) is 18.6. The number of halogens is 2. The molecule has 0 saturated heterocycles. The Kier molecular flexibility index (Phi) is 6.15. The van der Waals surface area contributed by atoms with Gasteiger partial charge in [-0.2, -0.15) is 0 Å². The summed E-state index contributed by atoms with van der Waals surface area (Å²) >= 11 is 0. The van der Waals surface area contributed by atoms with Crippen molar-refractivity contribution in [2.24, 2.45) is 14.1 Å². The van der Waals surface area contributed by atoms with Gasteiger partial charge in [0.05, 0.1) is 26.9 Å². The van der Waals surface area contributed by atoms with Gasteiger partial charge in [0.1, 0.15) is 17.2 Å². The van der Waals surface area contributed by atoms with Crippen molar-refractivity contribution in [2.45, 2.75) is 42.2 Å². The lowest BCUT2D eigenvalue weighted by molar-refractivity contribution is 0.101. The summed E-state index contributed by atoms with van der Waals surface area (Å²) in [5.74, 6) is -3.39. The molecule has 1 N–H and O–H groups in total. The van der Waals surface area contributed by atoms with Crippen molar-refractivity contribution in [2.75, 3.05) is 5.32 Å². The van der Waals surface area contributed by atoms with Crippen LogP contribution >= 0.6 is 0 Å². The van der Waals surface area contributed by atoms with E-state index in [1.807, 2.05) is 0 Å². The number of carbonyl (C=O) groups excluding carboxylic acids is 1. The van der Waals surface area contributed by atoms with E-state index in [1.54, 1.807) is 0 Å². The van der Waals surface area contributed by atoms with E-state index >= 15 is 0 Å². The van der Waals surface area contributed by atoms with Gasteiger partial charge in [-0.15, -0.1) is 0 Å². The fraction of sp³-hybridized carbons (Fsp3) is 0.348. The van der Waals surface area contributed by atoms with E-state index in [2.05, 4.69) is 5.32 Å². The fourth-order valence-corrected chi connectivity index (χ4v) is 6.39. The van der Waals surface area contributed by atoms with Crippen LogP contribution in [0.3, 0.4) is 0 Å². The molecule has 4 rings (SSSR count). The summed E-state index contributed by atoms with van der Waals surface area (Å²) in [4.78, 5) is 37.2. The Balaban J connectivity index is 1.96. The van der Waals surface area contributed by atoms with E-state index in [0.29, 0.717) is 12.8 Å². The Hall–Kier alpha value is -3.34. The third kappa shape index (κ3) is 3.93. The van der Waals surface area contributed by atoms with Crippen molar-refractivity contribution in [3.8, 4) is 0 Å². The molecular weight excluding hydrogens is 468 g/mol. The Morgan fingerprint density at radius 2 is 1.47 bits per heavy atom. The number of nitrogens with zero attached hydrogens (tertiary/aromatic N) is 2. The van der Waals surface area contributed by atoms with E-state index in [-0.39, 0.29) is 21.6 Å². The maximum atomic E-state index is 14.2. The topological polar surface area (TPSA) is 107 Å². The number of hydrogen-bond donors (Lipinski definition) is 1. The number of fused-ring (bicyclic) bond motifs is 1. The van der Waals surface area contributed by atoms with E-state index in [9.17, 15) is 31.6 Å². The molecule has 34 heavy (non-hydrogen) atoms. The standard InChI is InChI=1S/C23H23F2N3O5S/c1-27-17-11-16(26-21(29)20-14(24)9-6-10-15(20)25)19(12-18(17)28(2)23(31)22(27)30)34(32,33)13-7-4-3-5-8-13/h6,9-13H,3-5,7-8H2,1-2H3,(H,26,29). The lowest BCUT2D eigenvalue weighted by atomic mass is 10.0. The summed E-state index contributed by atoms with van der Waals surface area (Å²) in [6.07, 6.45) is 3.24. The largest absolute Gasteiger partial charge is 0.321 e. The summed E-state index contributed by atoms with van der Waals surface area (Å²) in [5, 5.41) is 1.62. The third-order valence-electron chi connectivity index (χ3n) is 6.33. The number of sulfone groups is 1. The fourth-order valence-electron chi connectivity index (χ4n) is 4.39. The highest BCUT2D eigenvalue weighted by atomic mass is 32.2. The van der Waals surface area contributed by atoms with Gasteiger partial charge in [-0.25, -0.2) is 17.2 Å². The minimum absolute atomic E-state index is 0.163. The molecule has 3 aromatic rings. The molecule has 0 unspecified atom stereocenters. The second-order valence-corrected chi connectivity index (χ2v) is 10.6. The summed E-state index contributed by atoms with van der Waals surface area (Å²) in [7, 11) is -1.31. The van der Waals surface area contributed by atoms with Gasteiger partial charge in [-0.1, -0.05) is 25.3 Å². The van der Waals surface area contributed by atoms with E-state index in [4.69, 9.17) is 0 Å². The first-order valence-corrected chi connectivity index (χ1v) is 12.3. The van der Waals surface area contributed by atoms with Crippen molar-refractivity contribution in [3.63, 3.8) is 0 Å². The van der Waals surface area contributed by atoms with E-state index in [1.165, 1.54) is 26.2 Å². The number of benzene rings is 2. The molecule has 1 aliphatic rings. The smallest absolute Gasteiger partial charge is 0.316 e. The van der Waals surface area contributed by atoms with Crippen LogP contribution in [-0.4, -0.2) is 28.7 Å².